The number of nitrogen functional groups attached to an aromatic ring is 2. The number of hydrogen-bond acceptors (Lipinski definition) is 2. The van der Waals surface area contributed by atoms with Crippen LogP contribution < -0.4 is 11.5 Å². The monoisotopic (exact) mass is 366 g/mol. The summed E-state index contributed by atoms with van der Waals surface area (Å²) in [4.78, 5) is 0. The molecule has 0 atom stereocenters. The summed E-state index contributed by atoms with van der Waals surface area (Å²) in [5.74, 6) is 0. The fourth-order valence-corrected chi connectivity index (χ4v) is 2.19. The molecular weight excluding hydrogens is 340 g/mol. The number of allylic oxidation sites excluding steroid dienone is 12. The number of rotatable bonds is 8. The van der Waals surface area contributed by atoms with E-state index in [1.54, 1.807) is 0 Å². The molecule has 0 unspecified atom stereocenters. The standard InChI is InChI=1S/C26H26N2/c27-25-19-15-23(16-20-25)13-11-9-7-5-3-1-2-4-6-8-10-12-14-24-17-21-26(28)22-18-24/h1-22H,27-28H2/b2-1+,5-3+,6-4+,9-7+,10-8+,13-11+,14-12+. The molecule has 0 bridgehead atoms. The lowest BCUT2D eigenvalue weighted by atomic mass is 10.2. The Labute approximate surface area is 167 Å². The van der Waals surface area contributed by atoms with E-state index in [0.29, 0.717) is 0 Å². The van der Waals surface area contributed by atoms with Crippen molar-refractivity contribution in [1.82, 2.24) is 0 Å². The molecule has 4 N–H and O–H groups in total. The quantitative estimate of drug-likeness (QED) is 0.422. The van der Waals surface area contributed by atoms with Crippen LogP contribution in [0.25, 0.3) is 12.2 Å². The van der Waals surface area contributed by atoms with E-state index in [9.17, 15) is 0 Å². The molecule has 0 aliphatic carbocycles. The summed E-state index contributed by atoms with van der Waals surface area (Å²) in [6.07, 6.45) is 28.0. The number of benzene rings is 2. The summed E-state index contributed by atoms with van der Waals surface area (Å²) in [5, 5.41) is 0. The van der Waals surface area contributed by atoms with Crippen molar-refractivity contribution in [3.05, 3.63) is 133 Å². The molecule has 0 amide bonds. The van der Waals surface area contributed by atoms with Crippen LogP contribution in [0.1, 0.15) is 11.1 Å². The van der Waals surface area contributed by atoms with Crippen LogP contribution in [0.4, 0.5) is 11.4 Å². The highest BCUT2D eigenvalue weighted by Crippen LogP contribution is 2.07. The van der Waals surface area contributed by atoms with E-state index in [2.05, 4.69) is 0 Å². The molecule has 0 fully saturated rings. The minimum Gasteiger partial charge on any atom is -0.399 e. The van der Waals surface area contributed by atoms with Gasteiger partial charge in [-0.05, 0) is 35.4 Å². The minimum atomic E-state index is 0.779. The average Bonchev–Trinajstić information content (AvgIpc) is 2.71. The maximum atomic E-state index is 5.66. The third kappa shape index (κ3) is 9.07. The molecule has 0 aliphatic rings. The SMILES string of the molecule is Nc1ccc(/C=C/C=C/C=C/C=C/C=C/C=C/C=C/c2ccc(N)cc2)cc1. The molecule has 140 valence electrons. The maximum absolute atomic E-state index is 5.66. The van der Waals surface area contributed by atoms with Crippen LogP contribution in [-0.4, -0.2) is 0 Å². The minimum absolute atomic E-state index is 0.779. The van der Waals surface area contributed by atoms with Gasteiger partial charge in [-0.15, -0.1) is 0 Å². The Morgan fingerprint density at radius 1 is 0.357 bits per heavy atom. The topological polar surface area (TPSA) is 52.0 Å². The molecule has 2 aromatic carbocycles. The fourth-order valence-electron chi connectivity index (χ4n) is 2.19. The van der Waals surface area contributed by atoms with Crippen molar-refractivity contribution in [1.29, 1.82) is 0 Å². The Hall–Kier alpha value is -3.78. The predicted molar refractivity (Wildman–Crippen MR) is 125 cm³/mol. The molecule has 0 saturated carbocycles. The Balaban J connectivity index is 1.65. The third-order valence-corrected chi connectivity index (χ3v) is 3.67. The van der Waals surface area contributed by atoms with Crippen LogP contribution in [0.15, 0.2) is 121 Å². The van der Waals surface area contributed by atoms with Gasteiger partial charge in [0.05, 0.1) is 0 Å². The van der Waals surface area contributed by atoms with Gasteiger partial charge in [0.15, 0.2) is 0 Å². The molecule has 0 aliphatic heterocycles. The van der Waals surface area contributed by atoms with Gasteiger partial charge in [0.25, 0.3) is 0 Å². The van der Waals surface area contributed by atoms with E-state index in [0.717, 1.165) is 22.5 Å². The van der Waals surface area contributed by atoms with Crippen LogP contribution in [0.3, 0.4) is 0 Å². The average molecular weight is 367 g/mol. The Morgan fingerprint density at radius 3 is 0.893 bits per heavy atom. The number of hydrogen-bond donors (Lipinski definition) is 2. The molecule has 0 radical (unpaired) electrons. The molecular formula is C26H26N2. The van der Waals surface area contributed by atoms with Crippen LogP contribution in [0.2, 0.25) is 0 Å². The highest BCUT2D eigenvalue weighted by atomic mass is 14.5. The summed E-state index contributed by atoms with van der Waals surface area (Å²) in [7, 11) is 0. The van der Waals surface area contributed by atoms with Gasteiger partial charge in [-0.1, -0.05) is 109 Å². The summed E-state index contributed by atoms with van der Waals surface area (Å²) < 4.78 is 0. The second-order valence-electron chi connectivity index (χ2n) is 5.98. The van der Waals surface area contributed by atoms with Crippen molar-refractivity contribution >= 4 is 23.5 Å². The van der Waals surface area contributed by atoms with Crippen molar-refractivity contribution < 1.29 is 0 Å². The molecule has 2 rings (SSSR count). The molecule has 2 nitrogen and oxygen atoms in total. The first-order chi connectivity index (χ1) is 13.7. The molecule has 0 spiro atoms. The molecule has 0 heterocycles. The summed E-state index contributed by atoms with van der Waals surface area (Å²) in [6, 6.07) is 15.6. The third-order valence-electron chi connectivity index (χ3n) is 3.67. The normalized spacial score (nSPS) is 13.0. The first-order valence-corrected chi connectivity index (χ1v) is 9.13. The van der Waals surface area contributed by atoms with Crippen molar-refractivity contribution in [3.63, 3.8) is 0 Å². The zero-order valence-electron chi connectivity index (χ0n) is 15.9. The zero-order chi connectivity index (χ0) is 19.9. The molecule has 0 aromatic heterocycles. The van der Waals surface area contributed by atoms with E-state index >= 15 is 0 Å². The zero-order valence-corrected chi connectivity index (χ0v) is 15.9. The lowest BCUT2D eigenvalue weighted by Crippen LogP contribution is -1.82. The van der Waals surface area contributed by atoms with E-state index in [-0.39, 0.29) is 0 Å². The van der Waals surface area contributed by atoms with Crippen molar-refractivity contribution in [2.75, 3.05) is 11.5 Å². The number of nitrogens with two attached hydrogens (primary N) is 2. The van der Waals surface area contributed by atoms with Gasteiger partial charge < -0.3 is 11.5 Å². The van der Waals surface area contributed by atoms with Crippen molar-refractivity contribution in [2.24, 2.45) is 0 Å². The van der Waals surface area contributed by atoms with Crippen LogP contribution >= 0.6 is 0 Å². The fraction of sp³-hybridized carbons (Fsp3) is 0. The molecule has 2 aromatic rings. The summed E-state index contributed by atoms with van der Waals surface area (Å²) in [5.41, 5.74) is 15.1. The van der Waals surface area contributed by atoms with Crippen molar-refractivity contribution in [2.45, 2.75) is 0 Å². The van der Waals surface area contributed by atoms with Crippen LogP contribution in [0.5, 0.6) is 0 Å². The lowest BCUT2D eigenvalue weighted by molar-refractivity contribution is 1.64. The largest absolute Gasteiger partial charge is 0.399 e. The molecule has 28 heavy (non-hydrogen) atoms. The second-order valence-corrected chi connectivity index (χ2v) is 5.98. The smallest absolute Gasteiger partial charge is 0.0314 e. The van der Waals surface area contributed by atoms with Gasteiger partial charge in [0.1, 0.15) is 0 Å². The first kappa shape index (κ1) is 20.5. The van der Waals surface area contributed by atoms with E-state index in [4.69, 9.17) is 11.5 Å². The van der Waals surface area contributed by atoms with Gasteiger partial charge in [-0.3, -0.25) is 0 Å². The highest BCUT2D eigenvalue weighted by molar-refractivity contribution is 5.55. The van der Waals surface area contributed by atoms with Gasteiger partial charge in [0.2, 0.25) is 0 Å². The van der Waals surface area contributed by atoms with Crippen LogP contribution in [0, 0.1) is 0 Å². The Kier molecular flexibility index (Phi) is 9.20. The van der Waals surface area contributed by atoms with Crippen LogP contribution in [-0.2, 0) is 0 Å². The van der Waals surface area contributed by atoms with E-state index in [1.165, 1.54) is 0 Å². The molecule has 2 heteroatoms. The Bertz CT molecular complexity index is 826. The van der Waals surface area contributed by atoms with Gasteiger partial charge in [-0.2, -0.15) is 0 Å². The predicted octanol–water partition coefficient (Wildman–Crippen LogP) is 6.36. The first-order valence-electron chi connectivity index (χ1n) is 9.13. The maximum Gasteiger partial charge on any atom is 0.0314 e. The van der Waals surface area contributed by atoms with Gasteiger partial charge in [0, 0.05) is 11.4 Å². The summed E-state index contributed by atoms with van der Waals surface area (Å²) in [6.45, 7) is 0. The summed E-state index contributed by atoms with van der Waals surface area (Å²) >= 11 is 0. The van der Waals surface area contributed by atoms with E-state index in [1.807, 2.05) is 134 Å². The second kappa shape index (κ2) is 12.6. The molecule has 0 saturated heterocycles. The van der Waals surface area contributed by atoms with Gasteiger partial charge in [-0.25, -0.2) is 0 Å². The highest BCUT2D eigenvalue weighted by Gasteiger charge is 1.85. The Morgan fingerprint density at radius 2 is 0.607 bits per heavy atom. The number of anilines is 2. The lowest BCUT2D eigenvalue weighted by Gasteiger charge is -1.93. The van der Waals surface area contributed by atoms with E-state index < -0.39 is 0 Å². The van der Waals surface area contributed by atoms with Crippen molar-refractivity contribution in [3.8, 4) is 0 Å². The van der Waals surface area contributed by atoms with Gasteiger partial charge >= 0.3 is 0 Å².